The highest BCUT2D eigenvalue weighted by Gasteiger charge is 2.33. The summed E-state index contributed by atoms with van der Waals surface area (Å²) >= 11 is 0. The van der Waals surface area contributed by atoms with Gasteiger partial charge >= 0.3 is 6.18 Å². The number of aromatic nitrogens is 4. The number of anilines is 1. The Morgan fingerprint density at radius 1 is 1.24 bits per heavy atom. The molecular weight excluding hydrogens is 335 g/mol. The lowest BCUT2D eigenvalue weighted by Gasteiger charge is -2.03. The number of amides is 1. The summed E-state index contributed by atoms with van der Waals surface area (Å²) in [4.78, 5) is 11.9. The minimum Gasteiger partial charge on any atom is -0.304 e. The van der Waals surface area contributed by atoms with Gasteiger partial charge in [0, 0.05) is 18.3 Å². The lowest BCUT2D eigenvalue weighted by Crippen LogP contribution is -2.13. The summed E-state index contributed by atoms with van der Waals surface area (Å²) in [5, 5.41) is 11.8. The smallest absolute Gasteiger partial charge is 0.304 e. The zero-order chi connectivity index (χ0) is 18.0. The second-order valence-corrected chi connectivity index (χ2v) is 5.50. The minimum absolute atomic E-state index is 0.230. The predicted octanol–water partition coefficient (Wildman–Crippen LogP) is 3.23. The van der Waals surface area contributed by atoms with E-state index in [0.29, 0.717) is 12.6 Å². The quantitative estimate of drug-likeness (QED) is 0.759. The van der Waals surface area contributed by atoms with Gasteiger partial charge in [-0.25, -0.2) is 0 Å². The van der Waals surface area contributed by atoms with E-state index in [2.05, 4.69) is 15.5 Å². The van der Waals surface area contributed by atoms with Crippen LogP contribution in [0.2, 0.25) is 0 Å². The number of benzene rings is 1. The highest BCUT2D eigenvalue weighted by Crippen LogP contribution is 2.27. The van der Waals surface area contributed by atoms with Gasteiger partial charge in [-0.1, -0.05) is 29.8 Å². The lowest BCUT2D eigenvalue weighted by molar-refractivity contribution is -0.141. The maximum Gasteiger partial charge on any atom is 0.432 e. The molecule has 25 heavy (non-hydrogen) atoms. The van der Waals surface area contributed by atoms with Gasteiger partial charge < -0.3 is 5.32 Å². The molecule has 6 nitrogen and oxygen atoms in total. The van der Waals surface area contributed by atoms with E-state index >= 15 is 0 Å². The summed E-state index contributed by atoms with van der Waals surface area (Å²) in [5.74, 6) is -0.541. The van der Waals surface area contributed by atoms with Gasteiger partial charge in [-0.2, -0.15) is 23.4 Å². The number of nitrogens with one attached hydrogen (secondary N) is 2. The number of hydrogen-bond acceptors (Lipinski definition) is 3. The zero-order valence-corrected chi connectivity index (χ0v) is 13.1. The van der Waals surface area contributed by atoms with Crippen molar-refractivity contribution in [3.8, 4) is 0 Å². The van der Waals surface area contributed by atoms with Crippen LogP contribution in [0.1, 0.15) is 27.3 Å². The Morgan fingerprint density at radius 3 is 2.60 bits per heavy atom. The van der Waals surface area contributed by atoms with Crippen LogP contribution >= 0.6 is 0 Å². The fourth-order valence-corrected chi connectivity index (χ4v) is 2.16. The number of carbonyl (C=O) groups is 1. The van der Waals surface area contributed by atoms with Crippen LogP contribution < -0.4 is 5.32 Å². The van der Waals surface area contributed by atoms with Gasteiger partial charge in [0.25, 0.3) is 5.91 Å². The molecule has 0 radical (unpaired) electrons. The first-order valence-corrected chi connectivity index (χ1v) is 7.34. The molecule has 1 aromatic carbocycles. The van der Waals surface area contributed by atoms with Crippen molar-refractivity contribution in [3.05, 3.63) is 65.1 Å². The number of halogens is 3. The van der Waals surface area contributed by atoms with Crippen LogP contribution in [0.4, 0.5) is 19.0 Å². The molecule has 0 fully saturated rings. The zero-order valence-electron chi connectivity index (χ0n) is 13.1. The minimum atomic E-state index is -4.58. The molecule has 0 aliphatic rings. The Balaban J connectivity index is 1.65. The SMILES string of the molecule is Cc1ccc(Cn2ccc(NC(=O)c3cc(C(F)(F)F)[nH]n3)n2)cc1. The lowest BCUT2D eigenvalue weighted by atomic mass is 10.1. The maximum atomic E-state index is 12.5. The third-order valence-corrected chi connectivity index (χ3v) is 3.46. The van der Waals surface area contributed by atoms with Crippen LogP contribution in [0, 0.1) is 6.92 Å². The van der Waals surface area contributed by atoms with E-state index < -0.39 is 17.8 Å². The van der Waals surface area contributed by atoms with Crippen LogP contribution in [-0.2, 0) is 12.7 Å². The number of H-pyrrole nitrogens is 1. The third-order valence-electron chi connectivity index (χ3n) is 3.46. The second-order valence-electron chi connectivity index (χ2n) is 5.50. The highest BCUT2D eigenvalue weighted by molar-refractivity contribution is 6.02. The van der Waals surface area contributed by atoms with Gasteiger partial charge in [0.1, 0.15) is 5.69 Å². The molecule has 2 aromatic heterocycles. The number of nitrogens with zero attached hydrogens (tertiary/aromatic N) is 3. The summed E-state index contributed by atoms with van der Waals surface area (Å²) in [6.07, 6.45) is -2.91. The molecule has 0 bridgehead atoms. The molecule has 1 amide bonds. The summed E-state index contributed by atoms with van der Waals surface area (Å²) < 4.78 is 39.1. The first kappa shape index (κ1) is 16.7. The Labute approximate surface area is 140 Å². The number of aromatic amines is 1. The fourth-order valence-electron chi connectivity index (χ4n) is 2.16. The van der Waals surface area contributed by atoms with Gasteiger partial charge in [0.15, 0.2) is 11.5 Å². The second kappa shape index (κ2) is 6.42. The number of rotatable bonds is 4. The number of carbonyl (C=O) groups excluding carboxylic acids is 1. The number of alkyl halides is 3. The van der Waals surface area contributed by atoms with E-state index in [0.717, 1.165) is 11.1 Å². The molecule has 0 atom stereocenters. The van der Waals surface area contributed by atoms with Crippen molar-refractivity contribution in [2.45, 2.75) is 19.6 Å². The summed E-state index contributed by atoms with van der Waals surface area (Å²) in [7, 11) is 0. The molecule has 0 saturated carbocycles. The Hall–Kier alpha value is -3.10. The number of aryl methyl sites for hydroxylation is 1. The predicted molar refractivity (Wildman–Crippen MR) is 84.1 cm³/mol. The highest BCUT2D eigenvalue weighted by atomic mass is 19.4. The third kappa shape index (κ3) is 4.06. The van der Waals surface area contributed by atoms with Crippen molar-refractivity contribution in [3.63, 3.8) is 0 Å². The molecule has 9 heteroatoms. The van der Waals surface area contributed by atoms with Crippen LogP contribution in [0.15, 0.2) is 42.6 Å². The monoisotopic (exact) mass is 349 g/mol. The van der Waals surface area contributed by atoms with Crippen LogP contribution in [0.25, 0.3) is 0 Å². The summed E-state index contributed by atoms with van der Waals surface area (Å²) in [5.41, 5.74) is 0.742. The molecule has 0 unspecified atom stereocenters. The van der Waals surface area contributed by atoms with E-state index in [-0.39, 0.29) is 11.5 Å². The Morgan fingerprint density at radius 2 is 1.96 bits per heavy atom. The molecule has 130 valence electrons. The van der Waals surface area contributed by atoms with E-state index in [1.54, 1.807) is 22.0 Å². The van der Waals surface area contributed by atoms with Crippen molar-refractivity contribution < 1.29 is 18.0 Å². The van der Waals surface area contributed by atoms with E-state index in [4.69, 9.17) is 0 Å². The van der Waals surface area contributed by atoms with Crippen LogP contribution in [0.3, 0.4) is 0 Å². The van der Waals surface area contributed by atoms with Gasteiger partial charge in [0.2, 0.25) is 0 Å². The van der Waals surface area contributed by atoms with E-state index in [9.17, 15) is 18.0 Å². The molecule has 0 aliphatic heterocycles. The van der Waals surface area contributed by atoms with E-state index in [1.807, 2.05) is 31.2 Å². The van der Waals surface area contributed by atoms with Gasteiger partial charge in [-0.3, -0.25) is 14.6 Å². The van der Waals surface area contributed by atoms with Gasteiger partial charge in [-0.15, -0.1) is 0 Å². The molecule has 3 aromatic rings. The van der Waals surface area contributed by atoms with E-state index in [1.165, 1.54) is 0 Å². The van der Waals surface area contributed by atoms with Crippen LogP contribution in [-0.4, -0.2) is 25.9 Å². The number of hydrogen-bond donors (Lipinski definition) is 2. The summed E-state index contributed by atoms with van der Waals surface area (Å²) in [6.45, 7) is 2.50. The molecule has 2 heterocycles. The summed E-state index contributed by atoms with van der Waals surface area (Å²) in [6, 6.07) is 10.1. The molecular formula is C16H14F3N5O. The molecule has 3 rings (SSSR count). The molecule has 0 aliphatic carbocycles. The average Bonchev–Trinajstić information content (AvgIpc) is 3.19. The van der Waals surface area contributed by atoms with Crippen molar-refractivity contribution in [1.82, 2.24) is 20.0 Å². The van der Waals surface area contributed by atoms with Crippen LogP contribution in [0.5, 0.6) is 0 Å². The molecule has 0 saturated heterocycles. The van der Waals surface area contributed by atoms with Crippen molar-refractivity contribution in [2.75, 3.05) is 5.32 Å². The Kier molecular flexibility index (Phi) is 4.30. The normalized spacial score (nSPS) is 11.5. The van der Waals surface area contributed by atoms with Crippen molar-refractivity contribution >= 4 is 11.7 Å². The average molecular weight is 349 g/mol. The molecule has 2 N–H and O–H groups in total. The fraction of sp³-hybridized carbons (Fsp3) is 0.188. The molecule has 0 spiro atoms. The first-order valence-electron chi connectivity index (χ1n) is 7.34. The van der Waals surface area contributed by atoms with Crippen molar-refractivity contribution in [2.24, 2.45) is 0 Å². The van der Waals surface area contributed by atoms with Gasteiger partial charge in [0.05, 0.1) is 6.54 Å². The largest absolute Gasteiger partial charge is 0.432 e. The first-order chi connectivity index (χ1) is 11.8. The topological polar surface area (TPSA) is 75.6 Å². The van der Waals surface area contributed by atoms with Crippen molar-refractivity contribution in [1.29, 1.82) is 0 Å². The maximum absolute atomic E-state index is 12.5. The Bertz CT molecular complexity index is 880. The van der Waals surface area contributed by atoms with Gasteiger partial charge in [-0.05, 0) is 12.5 Å². The standard InChI is InChI=1S/C16H14F3N5O/c1-10-2-4-11(5-3-10)9-24-7-6-14(23-24)20-15(25)12-8-13(22-21-12)16(17,18)19/h2-8H,9H2,1H3,(H,21,22)(H,20,23,25).